The van der Waals surface area contributed by atoms with Gasteiger partial charge in [-0.15, -0.1) is 0 Å². The van der Waals surface area contributed by atoms with E-state index in [1.54, 1.807) is 11.3 Å². The summed E-state index contributed by atoms with van der Waals surface area (Å²) >= 11 is 6.20. The quantitative estimate of drug-likeness (QED) is 0.566. The SMILES string of the molecule is CC(c1ccsc1)N(O)C(N)=S. The molecule has 0 fully saturated rings. The van der Waals surface area contributed by atoms with Gasteiger partial charge >= 0.3 is 0 Å². The van der Waals surface area contributed by atoms with E-state index in [1.165, 1.54) is 0 Å². The molecular weight excluding hydrogens is 192 g/mol. The summed E-state index contributed by atoms with van der Waals surface area (Å²) in [6, 6.07) is 1.75. The second-order valence-electron chi connectivity index (χ2n) is 2.42. The predicted octanol–water partition coefficient (Wildman–Crippen LogP) is 1.74. The van der Waals surface area contributed by atoms with E-state index < -0.39 is 0 Å². The maximum Gasteiger partial charge on any atom is 0.190 e. The molecule has 5 heteroatoms. The molecule has 1 heterocycles. The Morgan fingerprint density at radius 3 is 2.92 bits per heavy atom. The lowest BCUT2D eigenvalue weighted by Crippen LogP contribution is -2.34. The molecule has 0 spiro atoms. The molecule has 3 nitrogen and oxygen atoms in total. The third kappa shape index (κ3) is 1.94. The van der Waals surface area contributed by atoms with Crippen molar-refractivity contribution in [3.63, 3.8) is 0 Å². The molecule has 1 atom stereocenters. The van der Waals surface area contributed by atoms with E-state index in [1.807, 2.05) is 23.8 Å². The van der Waals surface area contributed by atoms with Crippen molar-refractivity contribution in [2.45, 2.75) is 13.0 Å². The molecule has 1 unspecified atom stereocenters. The van der Waals surface area contributed by atoms with Crippen molar-refractivity contribution in [2.24, 2.45) is 5.73 Å². The number of nitrogens with zero attached hydrogens (tertiary/aromatic N) is 1. The van der Waals surface area contributed by atoms with Crippen LogP contribution < -0.4 is 5.73 Å². The molecule has 12 heavy (non-hydrogen) atoms. The van der Waals surface area contributed by atoms with Crippen LogP contribution in [0.25, 0.3) is 0 Å². The number of rotatable bonds is 2. The first kappa shape index (κ1) is 9.44. The molecule has 1 rings (SSSR count). The molecule has 0 aromatic carbocycles. The summed E-state index contributed by atoms with van der Waals surface area (Å²) in [7, 11) is 0. The van der Waals surface area contributed by atoms with Gasteiger partial charge < -0.3 is 5.73 Å². The topological polar surface area (TPSA) is 49.5 Å². The monoisotopic (exact) mass is 202 g/mol. The minimum Gasteiger partial charge on any atom is -0.374 e. The molecule has 3 N–H and O–H groups in total. The number of hydroxylamine groups is 2. The first-order valence-corrected chi connectivity index (χ1v) is 4.77. The molecule has 0 aliphatic rings. The van der Waals surface area contributed by atoms with Gasteiger partial charge in [-0.25, -0.2) is 5.06 Å². The fourth-order valence-electron chi connectivity index (χ4n) is 0.845. The van der Waals surface area contributed by atoms with Crippen molar-refractivity contribution in [1.82, 2.24) is 5.06 Å². The Balaban J connectivity index is 2.71. The number of hydrogen-bond acceptors (Lipinski definition) is 3. The fourth-order valence-corrected chi connectivity index (χ4v) is 1.75. The van der Waals surface area contributed by atoms with Crippen molar-refractivity contribution in [2.75, 3.05) is 0 Å². The van der Waals surface area contributed by atoms with Crippen LogP contribution in [0.15, 0.2) is 16.8 Å². The highest BCUT2D eigenvalue weighted by atomic mass is 32.1. The summed E-state index contributed by atoms with van der Waals surface area (Å²) in [6.45, 7) is 1.83. The lowest BCUT2D eigenvalue weighted by atomic mass is 10.2. The van der Waals surface area contributed by atoms with Crippen LogP contribution >= 0.6 is 23.6 Å². The van der Waals surface area contributed by atoms with Crippen molar-refractivity contribution in [3.05, 3.63) is 22.4 Å². The van der Waals surface area contributed by atoms with Crippen molar-refractivity contribution < 1.29 is 5.21 Å². The highest BCUT2D eigenvalue weighted by molar-refractivity contribution is 7.80. The van der Waals surface area contributed by atoms with Gasteiger partial charge in [0.25, 0.3) is 0 Å². The third-order valence-corrected chi connectivity index (χ3v) is 2.51. The number of thiophene rings is 1. The average Bonchev–Trinajstić information content (AvgIpc) is 2.53. The molecule has 0 aliphatic carbocycles. The zero-order valence-electron chi connectivity index (χ0n) is 6.60. The zero-order valence-corrected chi connectivity index (χ0v) is 8.23. The Morgan fingerprint density at radius 1 is 1.83 bits per heavy atom. The van der Waals surface area contributed by atoms with Crippen LogP contribution in [0.3, 0.4) is 0 Å². The Bertz CT molecular complexity index is 260. The normalized spacial score (nSPS) is 12.5. The van der Waals surface area contributed by atoms with Crippen LogP contribution in [0.2, 0.25) is 0 Å². The second-order valence-corrected chi connectivity index (χ2v) is 3.61. The maximum absolute atomic E-state index is 9.34. The number of thiocarbonyl (C=S) groups is 1. The maximum atomic E-state index is 9.34. The molecular formula is C7H10N2OS2. The first-order chi connectivity index (χ1) is 5.63. The summed E-state index contributed by atoms with van der Waals surface area (Å²) < 4.78 is 0. The van der Waals surface area contributed by atoms with Gasteiger partial charge in [-0.3, -0.25) is 5.21 Å². The molecule has 0 saturated carbocycles. The van der Waals surface area contributed by atoms with Crippen LogP contribution in [0, 0.1) is 0 Å². The average molecular weight is 202 g/mol. The largest absolute Gasteiger partial charge is 0.374 e. The molecule has 0 aliphatic heterocycles. The summed E-state index contributed by atoms with van der Waals surface area (Å²) in [5, 5.41) is 14.1. The molecule has 0 bridgehead atoms. The summed E-state index contributed by atoms with van der Waals surface area (Å²) in [5.74, 6) is 0. The van der Waals surface area contributed by atoms with Crippen molar-refractivity contribution in [3.8, 4) is 0 Å². The summed E-state index contributed by atoms with van der Waals surface area (Å²) in [5.41, 5.74) is 6.26. The van der Waals surface area contributed by atoms with E-state index in [9.17, 15) is 5.21 Å². The van der Waals surface area contributed by atoms with Gasteiger partial charge in [0.05, 0.1) is 6.04 Å². The van der Waals surface area contributed by atoms with Crippen molar-refractivity contribution in [1.29, 1.82) is 0 Å². The van der Waals surface area contributed by atoms with Crippen LogP contribution in [-0.4, -0.2) is 15.4 Å². The Morgan fingerprint density at radius 2 is 2.50 bits per heavy atom. The van der Waals surface area contributed by atoms with E-state index in [2.05, 4.69) is 12.2 Å². The standard InChI is InChI=1S/C7H10N2OS2/c1-5(9(10)7(8)11)6-2-3-12-4-6/h2-5,10H,1H3,(H2,8,11). The summed E-state index contributed by atoms with van der Waals surface area (Å²) in [4.78, 5) is 0. The highest BCUT2D eigenvalue weighted by Gasteiger charge is 2.14. The first-order valence-electron chi connectivity index (χ1n) is 3.42. The summed E-state index contributed by atoms with van der Waals surface area (Å²) in [6.07, 6.45) is 0. The smallest absolute Gasteiger partial charge is 0.190 e. The fraction of sp³-hybridized carbons (Fsp3) is 0.286. The molecule has 1 aromatic rings. The van der Waals surface area contributed by atoms with E-state index in [0.717, 1.165) is 10.6 Å². The van der Waals surface area contributed by atoms with E-state index >= 15 is 0 Å². The van der Waals surface area contributed by atoms with Gasteiger partial charge in [-0.1, -0.05) is 0 Å². The van der Waals surface area contributed by atoms with Crippen LogP contribution in [0.4, 0.5) is 0 Å². The molecule has 66 valence electrons. The van der Waals surface area contributed by atoms with Gasteiger partial charge in [-0.2, -0.15) is 11.3 Å². The lowest BCUT2D eigenvalue weighted by molar-refractivity contribution is -0.0474. The van der Waals surface area contributed by atoms with Gasteiger partial charge in [-0.05, 0) is 41.5 Å². The van der Waals surface area contributed by atoms with Gasteiger partial charge in [0.1, 0.15) is 0 Å². The van der Waals surface area contributed by atoms with Crippen LogP contribution in [0.5, 0.6) is 0 Å². The Hall–Kier alpha value is -0.650. The zero-order chi connectivity index (χ0) is 9.14. The highest BCUT2D eigenvalue weighted by Crippen LogP contribution is 2.20. The van der Waals surface area contributed by atoms with Crippen LogP contribution in [-0.2, 0) is 0 Å². The minimum absolute atomic E-state index is 0.00583. The Kier molecular flexibility index (Phi) is 3.02. The number of hydrogen-bond donors (Lipinski definition) is 2. The van der Waals surface area contributed by atoms with E-state index in [4.69, 9.17) is 5.73 Å². The van der Waals surface area contributed by atoms with Gasteiger partial charge in [0.2, 0.25) is 0 Å². The lowest BCUT2D eigenvalue weighted by Gasteiger charge is -2.21. The number of nitrogens with two attached hydrogens (primary N) is 1. The van der Waals surface area contributed by atoms with Gasteiger partial charge in [0, 0.05) is 0 Å². The molecule has 0 saturated heterocycles. The second kappa shape index (κ2) is 3.84. The molecule has 0 radical (unpaired) electrons. The predicted molar refractivity (Wildman–Crippen MR) is 53.1 cm³/mol. The molecule has 0 amide bonds. The third-order valence-electron chi connectivity index (χ3n) is 1.62. The molecule has 1 aromatic heterocycles. The van der Waals surface area contributed by atoms with E-state index in [0.29, 0.717) is 0 Å². The minimum atomic E-state index is -0.172. The Labute approximate surface area is 80.4 Å². The van der Waals surface area contributed by atoms with Crippen molar-refractivity contribution >= 4 is 28.7 Å². The van der Waals surface area contributed by atoms with E-state index in [-0.39, 0.29) is 11.2 Å². The van der Waals surface area contributed by atoms with Crippen LogP contribution in [0.1, 0.15) is 18.5 Å². The van der Waals surface area contributed by atoms with Gasteiger partial charge in [0.15, 0.2) is 5.11 Å².